The summed E-state index contributed by atoms with van der Waals surface area (Å²) in [5, 5.41) is 1.23. The lowest BCUT2D eigenvalue weighted by atomic mass is 10.1. The van der Waals surface area contributed by atoms with Crippen LogP contribution < -0.4 is 0 Å². The molecule has 6 heteroatoms. The summed E-state index contributed by atoms with van der Waals surface area (Å²) in [6.07, 6.45) is 0.0752. The smallest absolute Gasteiger partial charge is 0.310 e. The second kappa shape index (κ2) is 7.63. The first kappa shape index (κ1) is 16.8. The SMILES string of the molecule is O=C(Cc1ccc(Cl)cc1)OCC(=O)c1ccc(Cl)c(Cl)c1. The number of rotatable bonds is 5. The van der Waals surface area contributed by atoms with E-state index < -0.39 is 5.97 Å². The number of esters is 1. The average Bonchev–Trinajstić information content (AvgIpc) is 2.50. The minimum absolute atomic E-state index is 0.0752. The van der Waals surface area contributed by atoms with Crippen LogP contribution in [0.4, 0.5) is 0 Å². The Morgan fingerprint density at radius 3 is 2.23 bits per heavy atom. The third kappa shape index (κ3) is 4.73. The lowest BCUT2D eigenvalue weighted by Crippen LogP contribution is -2.15. The van der Waals surface area contributed by atoms with E-state index in [4.69, 9.17) is 39.5 Å². The van der Waals surface area contributed by atoms with Crippen molar-refractivity contribution < 1.29 is 14.3 Å². The molecule has 2 aromatic carbocycles. The van der Waals surface area contributed by atoms with Crippen LogP contribution in [0.3, 0.4) is 0 Å². The Morgan fingerprint density at radius 1 is 0.909 bits per heavy atom. The predicted molar refractivity (Wildman–Crippen MR) is 86.9 cm³/mol. The van der Waals surface area contributed by atoms with Crippen LogP contribution >= 0.6 is 34.8 Å². The van der Waals surface area contributed by atoms with E-state index >= 15 is 0 Å². The van der Waals surface area contributed by atoms with E-state index in [1.54, 1.807) is 24.3 Å². The van der Waals surface area contributed by atoms with E-state index in [0.29, 0.717) is 15.6 Å². The Morgan fingerprint density at radius 2 is 1.59 bits per heavy atom. The number of benzene rings is 2. The van der Waals surface area contributed by atoms with Gasteiger partial charge in [0.25, 0.3) is 0 Å². The molecule has 2 aromatic rings. The van der Waals surface area contributed by atoms with E-state index in [1.165, 1.54) is 18.2 Å². The van der Waals surface area contributed by atoms with Crippen LogP contribution in [-0.2, 0) is 16.0 Å². The molecule has 0 aliphatic carbocycles. The van der Waals surface area contributed by atoms with Crippen LogP contribution in [0.5, 0.6) is 0 Å². The van der Waals surface area contributed by atoms with Crippen LogP contribution in [0.15, 0.2) is 42.5 Å². The molecule has 0 saturated heterocycles. The van der Waals surface area contributed by atoms with E-state index in [1.807, 2.05) is 0 Å². The molecule has 114 valence electrons. The molecule has 0 unspecified atom stereocenters. The lowest BCUT2D eigenvalue weighted by molar-refractivity contribution is -0.141. The average molecular weight is 358 g/mol. The maximum Gasteiger partial charge on any atom is 0.310 e. The van der Waals surface area contributed by atoms with E-state index in [-0.39, 0.29) is 23.8 Å². The number of ether oxygens (including phenoxy) is 1. The van der Waals surface area contributed by atoms with Crippen molar-refractivity contribution in [2.45, 2.75) is 6.42 Å². The first-order valence-electron chi connectivity index (χ1n) is 6.34. The summed E-state index contributed by atoms with van der Waals surface area (Å²) in [5.74, 6) is -0.834. The van der Waals surface area contributed by atoms with Crippen molar-refractivity contribution in [3.8, 4) is 0 Å². The van der Waals surface area contributed by atoms with Crippen molar-refractivity contribution in [1.82, 2.24) is 0 Å². The van der Waals surface area contributed by atoms with Gasteiger partial charge in [0.1, 0.15) is 0 Å². The standard InChI is InChI=1S/C16H11Cl3O3/c17-12-4-1-10(2-5-12)7-16(21)22-9-15(20)11-3-6-13(18)14(19)8-11/h1-6,8H,7,9H2. The van der Waals surface area contributed by atoms with Crippen LogP contribution in [0, 0.1) is 0 Å². The highest BCUT2D eigenvalue weighted by atomic mass is 35.5. The van der Waals surface area contributed by atoms with Crippen LogP contribution in [0.1, 0.15) is 15.9 Å². The fourth-order valence-corrected chi connectivity index (χ4v) is 2.14. The second-order valence-corrected chi connectivity index (χ2v) is 5.77. The summed E-state index contributed by atoms with van der Waals surface area (Å²) < 4.78 is 4.96. The number of hydrogen-bond acceptors (Lipinski definition) is 3. The molecule has 2 rings (SSSR count). The molecule has 3 nitrogen and oxygen atoms in total. The third-order valence-corrected chi connectivity index (χ3v) is 3.86. The van der Waals surface area contributed by atoms with Crippen molar-refractivity contribution in [2.75, 3.05) is 6.61 Å². The molecule has 0 aliphatic heterocycles. The van der Waals surface area contributed by atoms with Gasteiger partial charge in [-0.3, -0.25) is 9.59 Å². The highest BCUT2D eigenvalue weighted by Gasteiger charge is 2.12. The molecule has 0 fully saturated rings. The molecule has 0 bridgehead atoms. The summed E-state index contributed by atoms with van der Waals surface area (Å²) in [6.45, 7) is -0.343. The first-order chi connectivity index (χ1) is 10.5. The van der Waals surface area contributed by atoms with Gasteiger partial charge < -0.3 is 4.74 Å². The molecule has 0 spiro atoms. The molecule has 0 saturated carbocycles. The van der Waals surface area contributed by atoms with Gasteiger partial charge in [-0.1, -0.05) is 46.9 Å². The molecule has 22 heavy (non-hydrogen) atoms. The quantitative estimate of drug-likeness (QED) is 0.579. The topological polar surface area (TPSA) is 43.4 Å². The summed E-state index contributed by atoms with van der Waals surface area (Å²) in [4.78, 5) is 23.6. The zero-order valence-electron chi connectivity index (χ0n) is 11.3. The molecule has 0 heterocycles. The highest BCUT2D eigenvalue weighted by Crippen LogP contribution is 2.22. The van der Waals surface area contributed by atoms with Gasteiger partial charge >= 0.3 is 5.97 Å². The molecule has 0 radical (unpaired) electrons. The van der Waals surface area contributed by atoms with E-state index in [9.17, 15) is 9.59 Å². The zero-order chi connectivity index (χ0) is 16.1. The summed E-state index contributed by atoms with van der Waals surface area (Å²) >= 11 is 17.4. The molecule has 0 atom stereocenters. The molecular weight excluding hydrogens is 347 g/mol. The Labute approximate surface area is 142 Å². The fourth-order valence-electron chi connectivity index (χ4n) is 1.72. The monoisotopic (exact) mass is 356 g/mol. The van der Waals surface area contributed by atoms with Gasteiger partial charge in [-0.2, -0.15) is 0 Å². The van der Waals surface area contributed by atoms with Crippen LogP contribution in [0.2, 0.25) is 15.1 Å². The number of halogens is 3. The Hall–Kier alpha value is -1.55. The molecule has 0 aromatic heterocycles. The molecule has 0 N–H and O–H groups in total. The third-order valence-electron chi connectivity index (χ3n) is 2.87. The number of Topliss-reactive ketones (excluding diaryl/α,β-unsaturated/α-hetero) is 1. The van der Waals surface area contributed by atoms with E-state index in [2.05, 4.69) is 0 Å². The summed E-state index contributed by atoms with van der Waals surface area (Å²) in [6, 6.07) is 11.3. The number of hydrogen-bond donors (Lipinski definition) is 0. The minimum Gasteiger partial charge on any atom is -0.457 e. The van der Waals surface area contributed by atoms with Crippen LogP contribution in [-0.4, -0.2) is 18.4 Å². The maximum absolute atomic E-state index is 11.9. The lowest BCUT2D eigenvalue weighted by Gasteiger charge is -2.05. The highest BCUT2D eigenvalue weighted by molar-refractivity contribution is 6.42. The van der Waals surface area contributed by atoms with Crippen molar-refractivity contribution in [1.29, 1.82) is 0 Å². The minimum atomic E-state index is -0.490. The second-order valence-electron chi connectivity index (χ2n) is 4.52. The molecule has 0 aliphatic rings. The predicted octanol–water partition coefficient (Wildman–Crippen LogP) is 4.62. The van der Waals surface area contributed by atoms with Gasteiger partial charge in [0.15, 0.2) is 12.4 Å². The first-order valence-corrected chi connectivity index (χ1v) is 7.47. The van der Waals surface area contributed by atoms with Crippen molar-refractivity contribution in [3.63, 3.8) is 0 Å². The van der Waals surface area contributed by atoms with E-state index in [0.717, 1.165) is 5.56 Å². The Bertz CT molecular complexity index is 696. The molecule has 0 amide bonds. The van der Waals surface area contributed by atoms with Gasteiger partial charge in [-0.05, 0) is 35.9 Å². The van der Waals surface area contributed by atoms with Gasteiger partial charge in [0.05, 0.1) is 16.5 Å². The number of ketones is 1. The largest absolute Gasteiger partial charge is 0.457 e. The van der Waals surface area contributed by atoms with Gasteiger partial charge in [-0.25, -0.2) is 0 Å². The van der Waals surface area contributed by atoms with Gasteiger partial charge in [-0.15, -0.1) is 0 Å². The summed E-state index contributed by atoms with van der Waals surface area (Å²) in [7, 11) is 0. The Kier molecular flexibility index (Phi) is 5.83. The van der Waals surface area contributed by atoms with Crippen LogP contribution in [0.25, 0.3) is 0 Å². The molecular formula is C16H11Cl3O3. The number of carbonyl (C=O) groups excluding carboxylic acids is 2. The van der Waals surface area contributed by atoms with Crippen molar-refractivity contribution in [3.05, 3.63) is 68.7 Å². The van der Waals surface area contributed by atoms with Crippen molar-refractivity contribution >= 4 is 46.6 Å². The van der Waals surface area contributed by atoms with Gasteiger partial charge in [0, 0.05) is 10.6 Å². The normalized spacial score (nSPS) is 10.3. The van der Waals surface area contributed by atoms with Gasteiger partial charge in [0.2, 0.25) is 0 Å². The summed E-state index contributed by atoms with van der Waals surface area (Å²) in [5.41, 5.74) is 1.10. The zero-order valence-corrected chi connectivity index (χ0v) is 13.6. The Balaban J connectivity index is 1.88. The van der Waals surface area contributed by atoms with Crippen molar-refractivity contribution in [2.24, 2.45) is 0 Å². The maximum atomic E-state index is 11.9. The fraction of sp³-hybridized carbons (Fsp3) is 0.125. The number of carbonyl (C=O) groups is 2.